The fourth-order valence-corrected chi connectivity index (χ4v) is 3.96. The maximum Gasteiger partial charge on any atom is 0.419 e. The highest BCUT2D eigenvalue weighted by Gasteiger charge is 2.19. The zero-order chi connectivity index (χ0) is 20.4. The number of benzene rings is 2. The van der Waals surface area contributed by atoms with Gasteiger partial charge in [0.05, 0.1) is 18.3 Å². The molecule has 4 rings (SSSR count). The van der Waals surface area contributed by atoms with Crippen molar-refractivity contribution in [3.8, 4) is 5.75 Å². The van der Waals surface area contributed by atoms with E-state index in [1.807, 2.05) is 30.3 Å². The molecule has 1 aliphatic rings. The van der Waals surface area contributed by atoms with Crippen LogP contribution in [-0.2, 0) is 7.05 Å². The van der Waals surface area contributed by atoms with Crippen LogP contribution in [0.4, 0.5) is 5.69 Å². The number of hydrogen-bond acceptors (Lipinski definition) is 5. The van der Waals surface area contributed by atoms with Gasteiger partial charge in [0.15, 0.2) is 5.58 Å². The first-order chi connectivity index (χ1) is 14.0. The van der Waals surface area contributed by atoms with Gasteiger partial charge in [0.1, 0.15) is 5.75 Å². The molecule has 0 amide bonds. The summed E-state index contributed by atoms with van der Waals surface area (Å²) in [6.07, 6.45) is 2.17. The third-order valence-corrected chi connectivity index (χ3v) is 5.50. The maximum absolute atomic E-state index is 11.7. The van der Waals surface area contributed by atoms with Gasteiger partial charge in [0, 0.05) is 39.8 Å². The van der Waals surface area contributed by atoms with E-state index in [0.29, 0.717) is 5.58 Å². The van der Waals surface area contributed by atoms with Gasteiger partial charge in [-0.15, -0.1) is 0 Å². The molecule has 0 atom stereocenters. The molecule has 0 aliphatic carbocycles. The lowest BCUT2D eigenvalue weighted by molar-refractivity contribution is 0.277. The highest BCUT2D eigenvalue weighted by molar-refractivity contribution is 5.76. The van der Waals surface area contributed by atoms with Crippen LogP contribution in [0.1, 0.15) is 12.5 Å². The first-order valence-electron chi connectivity index (χ1n) is 9.92. The number of fused-ring (bicyclic) bond motifs is 1. The predicted molar refractivity (Wildman–Crippen MR) is 117 cm³/mol. The Morgan fingerprint density at radius 2 is 1.90 bits per heavy atom. The van der Waals surface area contributed by atoms with Gasteiger partial charge in [-0.1, -0.05) is 29.8 Å². The number of nitrogens with zero attached hydrogens (tertiary/aromatic N) is 3. The Labute approximate surface area is 170 Å². The van der Waals surface area contributed by atoms with Gasteiger partial charge in [0.2, 0.25) is 0 Å². The molecule has 0 bridgehead atoms. The predicted octanol–water partition coefficient (Wildman–Crippen LogP) is 3.37. The molecule has 2 aromatic carbocycles. The third-order valence-electron chi connectivity index (χ3n) is 5.50. The van der Waals surface area contributed by atoms with Crippen LogP contribution in [-0.4, -0.2) is 49.3 Å². The zero-order valence-corrected chi connectivity index (χ0v) is 17.2. The van der Waals surface area contributed by atoms with E-state index in [1.165, 1.54) is 15.8 Å². The average Bonchev–Trinajstić information content (AvgIpc) is 3.01. The Hall–Kier alpha value is -2.99. The lowest BCUT2D eigenvalue weighted by Gasteiger charge is -2.36. The van der Waals surface area contributed by atoms with Crippen LogP contribution < -0.4 is 15.4 Å². The third kappa shape index (κ3) is 4.07. The van der Waals surface area contributed by atoms with Gasteiger partial charge < -0.3 is 14.1 Å². The van der Waals surface area contributed by atoms with Crippen molar-refractivity contribution in [3.63, 3.8) is 0 Å². The van der Waals surface area contributed by atoms with Gasteiger partial charge in [-0.05, 0) is 36.8 Å². The van der Waals surface area contributed by atoms with E-state index in [1.54, 1.807) is 14.2 Å². The molecule has 0 spiro atoms. The quantitative estimate of drug-likeness (QED) is 0.665. The molecule has 0 unspecified atom stereocenters. The fraction of sp³-hybridized carbons (Fsp3) is 0.348. The number of aryl methyl sites for hydroxylation is 1. The molecule has 0 saturated carbocycles. The van der Waals surface area contributed by atoms with Gasteiger partial charge in [-0.3, -0.25) is 9.47 Å². The summed E-state index contributed by atoms with van der Waals surface area (Å²) < 4.78 is 12.3. The summed E-state index contributed by atoms with van der Waals surface area (Å²) in [5.41, 5.74) is 4.95. The van der Waals surface area contributed by atoms with E-state index < -0.39 is 0 Å². The number of hydrogen-bond donors (Lipinski definition) is 0. The molecule has 1 aromatic heterocycles. The minimum atomic E-state index is -0.328. The molecule has 6 heteroatoms. The van der Waals surface area contributed by atoms with Crippen molar-refractivity contribution < 1.29 is 9.15 Å². The monoisotopic (exact) mass is 393 g/mol. The van der Waals surface area contributed by atoms with Crippen LogP contribution in [0.5, 0.6) is 5.75 Å². The van der Waals surface area contributed by atoms with Crippen LogP contribution in [0.15, 0.2) is 57.2 Å². The Morgan fingerprint density at radius 1 is 1.14 bits per heavy atom. The van der Waals surface area contributed by atoms with Crippen molar-refractivity contribution in [1.82, 2.24) is 9.47 Å². The number of methoxy groups -OCH3 is 1. The van der Waals surface area contributed by atoms with E-state index in [9.17, 15) is 4.79 Å². The summed E-state index contributed by atoms with van der Waals surface area (Å²) in [7, 11) is 3.45. The van der Waals surface area contributed by atoms with Gasteiger partial charge in [0.25, 0.3) is 0 Å². The Balaban J connectivity index is 1.39. The molecule has 2 heterocycles. The summed E-state index contributed by atoms with van der Waals surface area (Å²) >= 11 is 0. The summed E-state index contributed by atoms with van der Waals surface area (Å²) in [5, 5.41) is 0. The van der Waals surface area contributed by atoms with Crippen molar-refractivity contribution >= 4 is 22.9 Å². The fourth-order valence-electron chi connectivity index (χ4n) is 3.96. The molecule has 0 radical (unpaired) electrons. The summed E-state index contributed by atoms with van der Waals surface area (Å²) in [5.74, 6) is 0.603. The molecular formula is C23H27N3O3. The second-order valence-corrected chi connectivity index (χ2v) is 7.58. The molecular weight excluding hydrogens is 366 g/mol. The Kier molecular flexibility index (Phi) is 5.45. The molecule has 0 N–H and O–H groups in total. The smallest absolute Gasteiger partial charge is 0.419 e. The van der Waals surface area contributed by atoms with Gasteiger partial charge in [-0.25, -0.2) is 4.79 Å². The van der Waals surface area contributed by atoms with Crippen molar-refractivity contribution in [2.24, 2.45) is 7.05 Å². The highest BCUT2D eigenvalue weighted by atomic mass is 16.5. The van der Waals surface area contributed by atoms with Crippen molar-refractivity contribution in [1.29, 1.82) is 0 Å². The van der Waals surface area contributed by atoms with Crippen LogP contribution >= 0.6 is 0 Å². The van der Waals surface area contributed by atoms with Crippen molar-refractivity contribution in [2.45, 2.75) is 6.92 Å². The lowest BCUT2D eigenvalue weighted by atomic mass is 10.1. The van der Waals surface area contributed by atoms with Crippen molar-refractivity contribution in [3.05, 3.63) is 64.2 Å². The Bertz CT molecular complexity index is 1090. The summed E-state index contributed by atoms with van der Waals surface area (Å²) in [6.45, 7) is 7.06. The minimum Gasteiger partial charge on any atom is -0.495 e. The second kappa shape index (κ2) is 8.17. The zero-order valence-electron chi connectivity index (χ0n) is 17.2. The van der Waals surface area contributed by atoms with Crippen LogP contribution in [0.3, 0.4) is 0 Å². The van der Waals surface area contributed by atoms with E-state index in [0.717, 1.165) is 49.6 Å². The number of oxazole rings is 1. The maximum atomic E-state index is 11.7. The number of rotatable bonds is 5. The second-order valence-electron chi connectivity index (χ2n) is 7.58. The van der Waals surface area contributed by atoms with E-state index in [2.05, 4.69) is 34.9 Å². The normalized spacial score (nSPS) is 15.8. The molecule has 3 aromatic rings. The molecule has 6 nitrogen and oxygen atoms in total. The lowest BCUT2D eigenvalue weighted by Crippen LogP contribution is -2.46. The van der Waals surface area contributed by atoms with Gasteiger partial charge >= 0.3 is 5.76 Å². The largest absolute Gasteiger partial charge is 0.495 e. The SMILES string of the molecule is COc1ccccc1N1CCN(C/C(C)=C/c2ccc3c(c2)oc(=O)n3C)CC1. The first kappa shape index (κ1) is 19.3. The minimum absolute atomic E-state index is 0.328. The van der Waals surface area contributed by atoms with Crippen molar-refractivity contribution in [2.75, 3.05) is 44.7 Å². The van der Waals surface area contributed by atoms with E-state index in [4.69, 9.17) is 9.15 Å². The van der Waals surface area contributed by atoms with E-state index >= 15 is 0 Å². The number of para-hydroxylation sites is 2. The Morgan fingerprint density at radius 3 is 2.66 bits per heavy atom. The van der Waals surface area contributed by atoms with Crippen LogP contribution in [0.2, 0.25) is 0 Å². The molecule has 1 aliphatic heterocycles. The van der Waals surface area contributed by atoms with E-state index in [-0.39, 0.29) is 5.76 Å². The van der Waals surface area contributed by atoms with Crippen LogP contribution in [0.25, 0.3) is 17.2 Å². The van der Waals surface area contributed by atoms with Gasteiger partial charge in [-0.2, -0.15) is 0 Å². The standard InChI is InChI=1S/C23H27N3O3/c1-17(14-18-8-9-19-22(15-18)29-23(27)24(19)2)16-25-10-12-26(13-11-25)20-6-4-5-7-21(20)28-3/h4-9,14-15H,10-13,16H2,1-3H3/b17-14+. The molecule has 1 saturated heterocycles. The average molecular weight is 393 g/mol. The first-order valence-corrected chi connectivity index (χ1v) is 9.92. The number of ether oxygens (including phenoxy) is 1. The number of anilines is 1. The summed E-state index contributed by atoms with van der Waals surface area (Å²) in [6, 6.07) is 14.1. The number of piperazine rings is 1. The van der Waals surface area contributed by atoms with Crippen LogP contribution in [0, 0.1) is 0 Å². The highest BCUT2D eigenvalue weighted by Crippen LogP contribution is 2.28. The molecule has 29 heavy (non-hydrogen) atoms. The molecule has 152 valence electrons. The number of aromatic nitrogens is 1. The summed E-state index contributed by atoms with van der Waals surface area (Å²) in [4.78, 5) is 16.5. The topological polar surface area (TPSA) is 50.9 Å². The molecule has 1 fully saturated rings.